The highest BCUT2D eigenvalue weighted by atomic mass is 32.2. The van der Waals surface area contributed by atoms with E-state index in [1.54, 1.807) is 0 Å². The molecule has 15 heavy (non-hydrogen) atoms. The van der Waals surface area contributed by atoms with Crippen LogP contribution in [0.2, 0.25) is 0 Å². The van der Waals surface area contributed by atoms with Crippen LogP contribution >= 0.6 is 11.8 Å². The first kappa shape index (κ1) is 15.3. The molecule has 0 aliphatic heterocycles. The van der Waals surface area contributed by atoms with Gasteiger partial charge >= 0.3 is 0 Å². The zero-order valence-electron chi connectivity index (χ0n) is 10.7. The van der Waals surface area contributed by atoms with Gasteiger partial charge in [-0.1, -0.05) is 33.6 Å². The number of rotatable bonds is 10. The summed E-state index contributed by atoms with van der Waals surface area (Å²) in [6.45, 7) is 7.03. The molecule has 0 fully saturated rings. The molecule has 0 spiro atoms. The quantitative estimate of drug-likeness (QED) is 0.572. The molecule has 1 N–H and O–H groups in total. The van der Waals surface area contributed by atoms with Gasteiger partial charge in [0, 0.05) is 6.61 Å². The second kappa shape index (κ2) is 9.53. The molecule has 0 amide bonds. The molecule has 0 aromatic carbocycles. The number of unbranched alkanes of at least 4 members (excludes halogenated alkanes) is 1. The molecular formula is C13H28OS. The van der Waals surface area contributed by atoms with Crippen LogP contribution in [0.5, 0.6) is 0 Å². The summed E-state index contributed by atoms with van der Waals surface area (Å²) in [7, 11) is 0. The summed E-state index contributed by atoms with van der Waals surface area (Å²) in [4.78, 5) is 0. The fraction of sp³-hybridized carbons (Fsp3) is 1.00. The standard InChI is InChI=1S/C13H28OS/c1-4-7-9-13(5-2,12-14)10-8-11-15-6-3/h14H,4-12H2,1-3H3. The fourth-order valence-corrected chi connectivity index (χ4v) is 2.63. The van der Waals surface area contributed by atoms with Gasteiger partial charge < -0.3 is 5.11 Å². The van der Waals surface area contributed by atoms with Gasteiger partial charge in [0.1, 0.15) is 0 Å². The molecule has 0 aliphatic rings. The normalized spacial score (nSPS) is 15.2. The Kier molecular flexibility index (Phi) is 9.73. The lowest BCUT2D eigenvalue weighted by molar-refractivity contribution is 0.0970. The van der Waals surface area contributed by atoms with Crippen molar-refractivity contribution in [2.24, 2.45) is 5.41 Å². The van der Waals surface area contributed by atoms with Gasteiger partial charge in [-0.2, -0.15) is 11.8 Å². The summed E-state index contributed by atoms with van der Waals surface area (Å²) < 4.78 is 0. The minimum absolute atomic E-state index is 0.226. The van der Waals surface area contributed by atoms with Crippen molar-refractivity contribution in [3.05, 3.63) is 0 Å². The third-order valence-corrected chi connectivity index (χ3v) is 4.33. The van der Waals surface area contributed by atoms with Crippen LogP contribution in [0, 0.1) is 5.41 Å². The lowest BCUT2D eigenvalue weighted by Crippen LogP contribution is -2.24. The number of hydrogen-bond acceptors (Lipinski definition) is 2. The van der Waals surface area contributed by atoms with Gasteiger partial charge in [0.25, 0.3) is 0 Å². The van der Waals surface area contributed by atoms with Crippen molar-refractivity contribution < 1.29 is 5.11 Å². The van der Waals surface area contributed by atoms with Crippen LogP contribution in [0.3, 0.4) is 0 Å². The van der Waals surface area contributed by atoms with Crippen LogP contribution in [0.4, 0.5) is 0 Å². The van der Waals surface area contributed by atoms with Gasteiger partial charge in [-0.05, 0) is 42.6 Å². The van der Waals surface area contributed by atoms with Crippen LogP contribution in [0.15, 0.2) is 0 Å². The number of aliphatic hydroxyl groups is 1. The van der Waals surface area contributed by atoms with Gasteiger partial charge in [0.15, 0.2) is 0 Å². The van der Waals surface area contributed by atoms with Gasteiger partial charge in [-0.15, -0.1) is 0 Å². The molecule has 0 aliphatic carbocycles. The zero-order chi connectivity index (χ0) is 11.6. The van der Waals surface area contributed by atoms with Crippen molar-refractivity contribution in [2.45, 2.75) is 59.3 Å². The van der Waals surface area contributed by atoms with E-state index >= 15 is 0 Å². The summed E-state index contributed by atoms with van der Waals surface area (Å²) in [6.07, 6.45) is 7.29. The average molecular weight is 232 g/mol. The van der Waals surface area contributed by atoms with Gasteiger partial charge in [-0.25, -0.2) is 0 Å². The number of thioether (sulfide) groups is 1. The first-order valence-corrected chi connectivity index (χ1v) is 7.58. The highest BCUT2D eigenvalue weighted by molar-refractivity contribution is 7.99. The maximum atomic E-state index is 9.55. The number of aliphatic hydroxyl groups excluding tert-OH is 1. The second-order valence-electron chi connectivity index (χ2n) is 4.42. The van der Waals surface area contributed by atoms with Crippen LogP contribution in [0.1, 0.15) is 59.3 Å². The van der Waals surface area contributed by atoms with E-state index < -0.39 is 0 Å². The number of hydrogen-bond donors (Lipinski definition) is 1. The first-order valence-electron chi connectivity index (χ1n) is 6.43. The van der Waals surface area contributed by atoms with Crippen molar-refractivity contribution in [2.75, 3.05) is 18.1 Å². The smallest absolute Gasteiger partial charge is 0.0487 e. The molecule has 0 rings (SSSR count). The Balaban J connectivity index is 3.88. The molecule has 2 heteroatoms. The summed E-state index contributed by atoms with van der Waals surface area (Å²) in [5.41, 5.74) is 0.226. The lowest BCUT2D eigenvalue weighted by atomic mass is 9.77. The Hall–Kier alpha value is 0.310. The first-order chi connectivity index (χ1) is 7.24. The summed E-state index contributed by atoms with van der Waals surface area (Å²) in [5.74, 6) is 2.47. The molecule has 0 radical (unpaired) electrons. The third-order valence-electron chi connectivity index (χ3n) is 3.35. The largest absolute Gasteiger partial charge is 0.396 e. The van der Waals surface area contributed by atoms with Crippen LogP contribution in [-0.2, 0) is 0 Å². The topological polar surface area (TPSA) is 20.2 Å². The molecule has 0 aromatic rings. The van der Waals surface area contributed by atoms with Gasteiger partial charge in [-0.3, -0.25) is 0 Å². The van der Waals surface area contributed by atoms with Crippen molar-refractivity contribution in [3.63, 3.8) is 0 Å². The summed E-state index contributed by atoms with van der Waals surface area (Å²) in [5, 5.41) is 9.55. The van der Waals surface area contributed by atoms with Crippen LogP contribution in [0.25, 0.3) is 0 Å². The minimum atomic E-state index is 0.226. The highest BCUT2D eigenvalue weighted by Gasteiger charge is 2.25. The van der Waals surface area contributed by atoms with E-state index in [1.165, 1.54) is 43.6 Å². The molecule has 0 heterocycles. The molecule has 92 valence electrons. The molecule has 1 nitrogen and oxygen atoms in total. The van der Waals surface area contributed by atoms with E-state index in [0.717, 1.165) is 6.42 Å². The van der Waals surface area contributed by atoms with Gasteiger partial charge in [0.05, 0.1) is 0 Å². The van der Waals surface area contributed by atoms with E-state index in [0.29, 0.717) is 6.61 Å². The predicted molar refractivity (Wildman–Crippen MR) is 71.6 cm³/mol. The Morgan fingerprint density at radius 3 is 2.20 bits per heavy atom. The Bertz CT molecular complexity index is 132. The zero-order valence-corrected chi connectivity index (χ0v) is 11.5. The maximum absolute atomic E-state index is 9.55. The molecule has 0 saturated heterocycles. The molecule has 0 bridgehead atoms. The molecule has 0 aromatic heterocycles. The summed E-state index contributed by atoms with van der Waals surface area (Å²) >= 11 is 2.01. The van der Waals surface area contributed by atoms with Crippen LogP contribution < -0.4 is 0 Å². The Morgan fingerprint density at radius 1 is 1.07 bits per heavy atom. The maximum Gasteiger partial charge on any atom is 0.0487 e. The fourth-order valence-electron chi connectivity index (χ4n) is 1.99. The minimum Gasteiger partial charge on any atom is -0.396 e. The predicted octanol–water partition coefficient (Wildman–Crippen LogP) is 4.10. The molecule has 0 saturated carbocycles. The van der Waals surface area contributed by atoms with Crippen molar-refractivity contribution in [1.29, 1.82) is 0 Å². The van der Waals surface area contributed by atoms with Gasteiger partial charge in [0.2, 0.25) is 0 Å². The monoisotopic (exact) mass is 232 g/mol. The highest BCUT2D eigenvalue weighted by Crippen LogP contribution is 2.33. The Labute approximate surface area is 100 Å². The summed E-state index contributed by atoms with van der Waals surface area (Å²) in [6, 6.07) is 0. The second-order valence-corrected chi connectivity index (χ2v) is 5.81. The van der Waals surface area contributed by atoms with E-state index in [2.05, 4.69) is 20.8 Å². The lowest BCUT2D eigenvalue weighted by Gasteiger charge is -2.30. The van der Waals surface area contributed by atoms with Crippen molar-refractivity contribution >= 4 is 11.8 Å². The Morgan fingerprint density at radius 2 is 1.73 bits per heavy atom. The van der Waals surface area contributed by atoms with E-state index in [1.807, 2.05) is 11.8 Å². The van der Waals surface area contributed by atoms with Crippen molar-refractivity contribution in [3.8, 4) is 0 Å². The molecule has 1 unspecified atom stereocenters. The average Bonchev–Trinajstić information content (AvgIpc) is 2.29. The molecule has 1 atom stereocenters. The van der Waals surface area contributed by atoms with Crippen LogP contribution in [-0.4, -0.2) is 23.2 Å². The van der Waals surface area contributed by atoms with E-state index in [-0.39, 0.29) is 5.41 Å². The third kappa shape index (κ3) is 6.47. The van der Waals surface area contributed by atoms with E-state index in [9.17, 15) is 5.11 Å². The van der Waals surface area contributed by atoms with Crippen molar-refractivity contribution in [1.82, 2.24) is 0 Å². The van der Waals surface area contributed by atoms with E-state index in [4.69, 9.17) is 0 Å². The molecular weight excluding hydrogens is 204 g/mol. The SMILES string of the molecule is CCCCC(CC)(CO)CCCSCC.